The minimum absolute atomic E-state index is 0.0470. The first-order chi connectivity index (χ1) is 12.8. The zero-order chi connectivity index (χ0) is 19.2. The molecule has 0 aliphatic heterocycles. The zero-order valence-corrected chi connectivity index (χ0v) is 15.3. The summed E-state index contributed by atoms with van der Waals surface area (Å²) in [6.45, 7) is 1.57. The van der Waals surface area contributed by atoms with Crippen molar-refractivity contribution in [1.82, 2.24) is 0 Å². The monoisotopic (exact) mass is 372 g/mol. The molecule has 144 valence electrons. The summed E-state index contributed by atoms with van der Waals surface area (Å²) >= 11 is 0. The van der Waals surface area contributed by atoms with Gasteiger partial charge in [0.1, 0.15) is 0 Å². The van der Waals surface area contributed by atoms with Crippen LogP contribution in [0.3, 0.4) is 0 Å². The van der Waals surface area contributed by atoms with Crippen molar-refractivity contribution < 1.29 is 19.2 Å². The van der Waals surface area contributed by atoms with Gasteiger partial charge in [-0.3, -0.25) is 19.7 Å². The topological polar surface area (TPSA) is 98.5 Å². The van der Waals surface area contributed by atoms with Crippen LogP contribution in [0.5, 0.6) is 0 Å². The number of ether oxygens (including phenoxy) is 1. The Morgan fingerprint density at radius 3 is 2.11 bits per heavy atom. The number of nitro benzene ring substituents is 1. The van der Waals surface area contributed by atoms with Gasteiger partial charge in [0, 0.05) is 17.8 Å². The summed E-state index contributed by atoms with van der Waals surface area (Å²) in [7, 11) is 0. The molecule has 1 aromatic carbocycles. The number of nitrogens with zero attached hydrogens (tertiary/aromatic N) is 1. The number of rotatable bonds is 5. The number of esters is 1. The Morgan fingerprint density at radius 1 is 1.11 bits per heavy atom. The second-order valence-corrected chi connectivity index (χ2v) is 8.54. The Bertz CT molecular complexity index is 738. The van der Waals surface area contributed by atoms with E-state index in [-0.39, 0.29) is 11.7 Å². The van der Waals surface area contributed by atoms with Gasteiger partial charge in [-0.15, -0.1) is 0 Å². The molecule has 7 nitrogen and oxygen atoms in total. The summed E-state index contributed by atoms with van der Waals surface area (Å²) < 4.78 is 5.57. The number of nitrogens with one attached hydrogen (secondary N) is 1. The molecule has 4 bridgehead atoms. The number of amides is 1. The van der Waals surface area contributed by atoms with Gasteiger partial charge in [0.25, 0.3) is 11.6 Å². The summed E-state index contributed by atoms with van der Waals surface area (Å²) in [5.41, 5.74) is -0.00555. The van der Waals surface area contributed by atoms with Crippen molar-refractivity contribution in [3.63, 3.8) is 0 Å². The first kappa shape index (κ1) is 17.9. The molecule has 27 heavy (non-hydrogen) atoms. The summed E-state index contributed by atoms with van der Waals surface area (Å²) in [6.07, 6.45) is 5.51. The number of anilines is 1. The van der Waals surface area contributed by atoms with Crippen LogP contribution < -0.4 is 5.32 Å². The molecule has 4 fully saturated rings. The van der Waals surface area contributed by atoms with Crippen LogP contribution in [0.2, 0.25) is 0 Å². The van der Waals surface area contributed by atoms with Crippen LogP contribution in [-0.4, -0.2) is 22.9 Å². The lowest BCUT2D eigenvalue weighted by Crippen LogP contribution is -2.51. The van der Waals surface area contributed by atoms with Gasteiger partial charge >= 0.3 is 5.97 Å². The van der Waals surface area contributed by atoms with E-state index in [1.165, 1.54) is 43.5 Å². The fourth-order valence-corrected chi connectivity index (χ4v) is 5.61. The molecule has 1 atom stereocenters. The van der Waals surface area contributed by atoms with E-state index in [0.717, 1.165) is 19.3 Å². The normalized spacial score (nSPS) is 32.0. The molecule has 5 rings (SSSR count). The molecule has 0 saturated heterocycles. The van der Waals surface area contributed by atoms with E-state index in [9.17, 15) is 19.7 Å². The fourth-order valence-electron chi connectivity index (χ4n) is 5.61. The van der Waals surface area contributed by atoms with Gasteiger partial charge in [-0.1, -0.05) is 0 Å². The van der Waals surface area contributed by atoms with Gasteiger partial charge in [0.05, 0.1) is 10.3 Å². The molecule has 0 aromatic heterocycles. The van der Waals surface area contributed by atoms with Crippen LogP contribution in [-0.2, 0) is 14.3 Å². The van der Waals surface area contributed by atoms with E-state index >= 15 is 0 Å². The molecular weight excluding hydrogens is 348 g/mol. The van der Waals surface area contributed by atoms with E-state index in [4.69, 9.17) is 4.74 Å². The van der Waals surface area contributed by atoms with Crippen LogP contribution >= 0.6 is 0 Å². The van der Waals surface area contributed by atoms with Crippen molar-refractivity contribution in [2.75, 3.05) is 5.32 Å². The number of carbonyl (C=O) groups is 2. The third kappa shape index (κ3) is 3.42. The number of hydrogen-bond acceptors (Lipinski definition) is 5. The molecule has 0 spiro atoms. The van der Waals surface area contributed by atoms with E-state index < -0.39 is 22.3 Å². The highest BCUT2D eigenvalue weighted by Gasteiger charge is 2.55. The second kappa shape index (κ2) is 6.62. The predicted molar refractivity (Wildman–Crippen MR) is 97.9 cm³/mol. The van der Waals surface area contributed by atoms with Gasteiger partial charge in [-0.05, 0) is 75.3 Å². The number of benzene rings is 1. The molecule has 0 unspecified atom stereocenters. The molecule has 1 amide bonds. The summed E-state index contributed by atoms with van der Waals surface area (Å²) in [6, 6.07) is 5.57. The lowest BCUT2D eigenvalue weighted by Gasteiger charge is -2.55. The first-order valence-electron chi connectivity index (χ1n) is 9.61. The Kier molecular flexibility index (Phi) is 4.40. The predicted octanol–water partition coefficient (Wildman–Crippen LogP) is 3.68. The minimum Gasteiger partial charge on any atom is -0.452 e. The highest BCUT2D eigenvalue weighted by atomic mass is 16.6. The highest BCUT2D eigenvalue weighted by molar-refractivity contribution is 5.95. The van der Waals surface area contributed by atoms with Crippen molar-refractivity contribution in [3.8, 4) is 0 Å². The quantitative estimate of drug-likeness (QED) is 0.483. The molecular formula is C20H24N2O5. The van der Waals surface area contributed by atoms with Gasteiger partial charge in [0.15, 0.2) is 6.10 Å². The van der Waals surface area contributed by atoms with Crippen molar-refractivity contribution in [2.24, 2.45) is 23.2 Å². The van der Waals surface area contributed by atoms with Crippen molar-refractivity contribution in [3.05, 3.63) is 34.4 Å². The SMILES string of the molecule is C[C@H](OC(=O)C12CC3CC(CC(C3)C1)C2)C(=O)Nc1ccc([N+](=O)[O-])cc1. The molecule has 4 aliphatic rings. The van der Waals surface area contributed by atoms with Gasteiger partial charge in [-0.2, -0.15) is 0 Å². The first-order valence-corrected chi connectivity index (χ1v) is 9.61. The lowest BCUT2D eigenvalue weighted by molar-refractivity contribution is -0.384. The molecule has 4 saturated carbocycles. The largest absolute Gasteiger partial charge is 0.452 e. The maximum absolute atomic E-state index is 12.9. The maximum Gasteiger partial charge on any atom is 0.312 e. The summed E-state index contributed by atoms with van der Waals surface area (Å²) in [5.74, 6) is 1.24. The van der Waals surface area contributed by atoms with E-state index in [1.807, 2.05) is 0 Å². The van der Waals surface area contributed by atoms with Crippen molar-refractivity contribution >= 4 is 23.3 Å². The van der Waals surface area contributed by atoms with Gasteiger partial charge in [-0.25, -0.2) is 0 Å². The van der Waals surface area contributed by atoms with Crippen LogP contribution in [0.15, 0.2) is 24.3 Å². The van der Waals surface area contributed by atoms with Gasteiger partial charge in [0.2, 0.25) is 0 Å². The Labute approximate surface area is 157 Å². The number of hydrogen-bond donors (Lipinski definition) is 1. The number of carbonyl (C=O) groups excluding carboxylic acids is 2. The van der Waals surface area contributed by atoms with Crippen molar-refractivity contribution in [2.45, 2.75) is 51.6 Å². The van der Waals surface area contributed by atoms with Crippen molar-refractivity contribution in [1.29, 1.82) is 0 Å². The van der Waals surface area contributed by atoms with Crippen LogP contribution in [0, 0.1) is 33.3 Å². The lowest BCUT2D eigenvalue weighted by atomic mass is 9.49. The average Bonchev–Trinajstić information content (AvgIpc) is 2.60. The Morgan fingerprint density at radius 2 is 1.63 bits per heavy atom. The zero-order valence-electron chi connectivity index (χ0n) is 15.3. The van der Waals surface area contributed by atoms with Gasteiger partial charge < -0.3 is 10.1 Å². The number of nitro groups is 1. The summed E-state index contributed by atoms with van der Waals surface area (Å²) in [5, 5.41) is 13.3. The molecule has 1 N–H and O–H groups in total. The molecule has 0 radical (unpaired) electrons. The second-order valence-electron chi connectivity index (χ2n) is 8.54. The van der Waals surface area contributed by atoms with E-state index in [1.54, 1.807) is 6.92 Å². The number of non-ortho nitro benzene ring substituents is 1. The average molecular weight is 372 g/mol. The maximum atomic E-state index is 12.9. The highest BCUT2D eigenvalue weighted by Crippen LogP contribution is 2.60. The van der Waals surface area contributed by atoms with Crippen LogP contribution in [0.1, 0.15) is 45.4 Å². The van der Waals surface area contributed by atoms with E-state index in [0.29, 0.717) is 23.4 Å². The summed E-state index contributed by atoms with van der Waals surface area (Å²) in [4.78, 5) is 35.5. The molecule has 0 heterocycles. The standard InChI is InChI=1S/C20H24N2O5/c1-12(18(23)21-16-2-4-17(5-3-16)22(25)26)27-19(24)20-9-13-6-14(10-20)8-15(7-13)11-20/h2-5,12-15H,6-11H2,1H3,(H,21,23)/t12-,13?,14?,15?,20?/m0/s1. The molecule has 7 heteroatoms. The van der Waals surface area contributed by atoms with E-state index in [2.05, 4.69) is 5.32 Å². The minimum atomic E-state index is -0.902. The smallest absolute Gasteiger partial charge is 0.312 e. The van der Waals surface area contributed by atoms with Crippen LogP contribution in [0.4, 0.5) is 11.4 Å². The Balaban J connectivity index is 1.37. The molecule has 4 aliphatic carbocycles. The Hall–Kier alpha value is -2.44. The van der Waals surface area contributed by atoms with Crippen LogP contribution in [0.25, 0.3) is 0 Å². The fraction of sp³-hybridized carbons (Fsp3) is 0.600. The third-order valence-electron chi connectivity index (χ3n) is 6.47. The molecule has 1 aromatic rings. The third-order valence-corrected chi connectivity index (χ3v) is 6.47.